The fourth-order valence-electron chi connectivity index (χ4n) is 1.14. The van der Waals surface area contributed by atoms with Gasteiger partial charge in [-0.25, -0.2) is 0 Å². The maximum atomic E-state index is 12.0. The van der Waals surface area contributed by atoms with Crippen LogP contribution >= 0.6 is 11.6 Å². The summed E-state index contributed by atoms with van der Waals surface area (Å²) in [5.74, 6) is -0.213. The van der Waals surface area contributed by atoms with Crippen molar-refractivity contribution in [3.8, 4) is 5.75 Å². The number of amides is 1. The van der Waals surface area contributed by atoms with Crippen molar-refractivity contribution in [1.29, 1.82) is 0 Å². The summed E-state index contributed by atoms with van der Waals surface area (Å²) in [4.78, 5) is 12.8. The van der Waals surface area contributed by atoms with Gasteiger partial charge in [-0.05, 0) is 18.2 Å². The Morgan fingerprint density at radius 1 is 1.50 bits per heavy atom. The maximum absolute atomic E-state index is 12.0. The third kappa shape index (κ3) is 4.37. The summed E-state index contributed by atoms with van der Waals surface area (Å²) in [5.41, 5.74) is 0.553. The van der Waals surface area contributed by atoms with Gasteiger partial charge in [0, 0.05) is 19.8 Å². The molecule has 0 aliphatic heterocycles. The van der Waals surface area contributed by atoms with Crippen LogP contribution in [0.1, 0.15) is 0 Å². The van der Waals surface area contributed by atoms with E-state index in [2.05, 4.69) is 10.1 Å². The average Bonchev–Trinajstić information content (AvgIpc) is 2.28. The van der Waals surface area contributed by atoms with Gasteiger partial charge in [0.25, 0.3) is 0 Å². The number of ether oxygens (including phenoxy) is 1. The Hall–Kier alpha value is -1.56. The second-order valence-electron chi connectivity index (χ2n) is 3.67. The van der Waals surface area contributed by atoms with Gasteiger partial charge in [-0.2, -0.15) is 8.78 Å². The minimum Gasteiger partial charge on any atom is -0.433 e. The second-order valence-corrected chi connectivity index (χ2v) is 4.07. The zero-order chi connectivity index (χ0) is 13.7. The summed E-state index contributed by atoms with van der Waals surface area (Å²) in [6.07, 6.45) is 0. The number of hydrogen-bond donors (Lipinski definition) is 1. The molecule has 1 rings (SSSR count). The molecule has 1 N–H and O–H groups in total. The summed E-state index contributed by atoms with van der Waals surface area (Å²) in [5, 5.41) is 2.88. The fraction of sp³-hybridized carbons (Fsp3) is 0.364. The first-order chi connectivity index (χ1) is 8.40. The van der Waals surface area contributed by atoms with E-state index >= 15 is 0 Å². The predicted molar refractivity (Wildman–Crippen MR) is 65.3 cm³/mol. The molecule has 0 saturated heterocycles. The number of likely N-dealkylation sites (N-methyl/N-ethyl adjacent to an activating group) is 1. The lowest BCUT2D eigenvalue weighted by molar-refractivity contribution is -0.126. The van der Waals surface area contributed by atoms with Gasteiger partial charge >= 0.3 is 6.61 Å². The third-order valence-electron chi connectivity index (χ3n) is 2.09. The molecule has 0 heterocycles. The first-order valence-corrected chi connectivity index (χ1v) is 5.46. The van der Waals surface area contributed by atoms with Crippen molar-refractivity contribution in [3.05, 3.63) is 23.2 Å². The van der Waals surface area contributed by atoms with E-state index in [0.717, 1.165) is 0 Å². The quantitative estimate of drug-likeness (QED) is 0.899. The van der Waals surface area contributed by atoms with E-state index in [4.69, 9.17) is 11.6 Å². The smallest absolute Gasteiger partial charge is 0.387 e. The average molecular weight is 279 g/mol. The van der Waals surface area contributed by atoms with Gasteiger partial charge < -0.3 is 15.0 Å². The maximum Gasteiger partial charge on any atom is 0.387 e. The molecule has 0 aliphatic carbocycles. The van der Waals surface area contributed by atoms with Gasteiger partial charge in [0.05, 0.1) is 11.6 Å². The molecule has 0 aromatic heterocycles. The first-order valence-electron chi connectivity index (χ1n) is 5.08. The van der Waals surface area contributed by atoms with Crippen LogP contribution in [0.5, 0.6) is 5.75 Å². The molecule has 0 fully saturated rings. The minimum absolute atomic E-state index is 0.0533. The van der Waals surface area contributed by atoms with Crippen LogP contribution in [-0.4, -0.2) is 38.1 Å². The van der Waals surface area contributed by atoms with Crippen molar-refractivity contribution in [1.82, 2.24) is 4.90 Å². The van der Waals surface area contributed by atoms with Crippen LogP contribution in [-0.2, 0) is 4.79 Å². The molecule has 1 amide bonds. The Balaban J connectivity index is 2.64. The van der Waals surface area contributed by atoms with Gasteiger partial charge in [0.2, 0.25) is 5.91 Å². The van der Waals surface area contributed by atoms with E-state index in [9.17, 15) is 13.6 Å². The number of halogens is 3. The normalized spacial score (nSPS) is 10.3. The number of carbonyl (C=O) groups is 1. The Morgan fingerprint density at radius 2 is 2.17 bits per heavy atom. The molecular formula is C11H13ClF2N2O2. The lowest BCUT2D eigenvalue weighted by atomic mass is 10.3. The van der Waals surface area contributed by atoms with Crippen LogP contribution in [0.15, 0.2) is 18.2 Å². The van der Waals surface area contributed by atoms with E-state index in [1.54, 1.807) is 14.1 Å². The number of nitrogens with one attached hydrogen (secondary N) is 1. The molecule has 1 aromatic carbocycles. The molecule has 0 atom stereocenters. The van der Waals surface area contributed by atoms with E-state index in [-0.39, 0.29) is 23.2 Å². The van der Waals surface area contributed by atoms with E-state index in [1.807, 2.05) is 0 Å². The van der Waals surface area contributed by atoms with Crippen molar-refractivity contribution in [2.45, 2.75) is 6.61 Å². The molecule has 0 radical (unpaired) electrons. The van der Waals surface area contributed by atoms with Crippen LogP contribution < -0.4 is 10.1 Å². The largest absolute Gasteiger partial charge is 0.433 e. The highest BCUT2D eigenvalue weighted by atomic mass is 35.5. The number of carbonyl (C=O) groups excluding carboxylic acids is 1. The third-order valence-corrected chi connectivity index (χ3v) is 2.39. The van der Waals surface area contributed by atoms with Crippen LogP contribution in [0, 0.1) is 0 Å². The highest BCUT2D eigenvalue weighted by Crippen LogP contribution is 2.28. The van der Waals surface area contributed by atoms with Crippen molar-refractivity contribution < 1.29 is 18.3 Å². The van der Waals surface area contributed by atoms with Crippen LogP contribution in [0.25, 0.3) is 0 Å². The number of anilines is 1. The minimum atomic E-state index is -2.92. The highest BCUT2D eigenvalue weighted by Gasteiger charge is 2.09. The van der Waals surface area contributed by atoms with E-state index in [0.29, 0.717) is 5.69 Å². The fourth-order valence-corrected chi connectivity index (χ4v) is 1.36. The van der Waals surface area contributed by atoms with Crippen molar-refractivity contribution in [2.24, 2.45) is 0 Å². The van der Waals surface area contributed by atoms with Crippen LogP contribution in [0.4, 0.5) is 14.5 Å². The predicted octanol–water partition coefficient (Wildman–Crippen LogP) is 2.44. The molecule has 18 heavy (non-hydrogen) atoms. The Bertz CT molecular complexity index is 428. The summed E-state index contributed by atoms with van der Waals surface area (Å²) in [7, 11) is 3.27. The van der Waals surface area contributed by atoms with Gasteiger partial charge in [-0.1, -0.05) is 11.6 Å². The molecule has 100 valence electrons. The lowest BCUT2D eigenvalue weighted by Gasteiger charge is -2.13. The molecule has 1 aromatic rings. The summed E-state index contributed by atoms with van der Waals surface area (Å²) in [6, 6.07) is 4.24. The van der Waals surface area contributed by atoms with E-state index < -0.39 is 6.61 Å². The molecule has 4 nitrogen and oxygen atoms in total. The highest BCUT2D eigenvalue weighted by molar-refractivity contribution is 6.32. The van der Waals surface area contributed by atoms with Gasteiger partial charge in [-0.3, -0.25) is 4.79 Å². The number of benzene rings is 1. The van der Waals surface area contributed by atoms with Crippen LogP contribution in [0.3, 0.4) is 0 Å². The standard InChI is InChI=1S/C11H13ClF2N2O2/c1-16(2)10(17)6-15-7-3-4-9(8(12)5-7)18-11(13)14/h3-5,11,15H,6H2,1-2H3. The summed E-state index contributed by atoms with van der Waals surface area (Å²) < 4.78 is 28.2. The molecule has 0 saturated carbocycles. The summed E-state index contributed by atoms with van der Waals surface area (Å²) in [6.45, 7) is -2.82. The molecule has 7 heteroatoms. The first kappa shape index (κ1) is 14.5. The van der Waals surface area contributed by atoms with Gasteiger partial charge in [0.15, 0.2) is 0 Å². The van der Waals surface area contributed by atoms with E-state index in [1.165, 1.54) is 23.1 Å². The lowest BCUT2D eigenvalue weighted by Crippen LogP contribution is -2.28. The molecule has 0 spiro atoms. The zero-order valence-electron chi connectivity index (χ0n) is 9.91. The van der Waals surface area contributed by atoms with Gasteiger partial charge in [0.1, 0.15) is 5.75 Å². The van der Waals surface area contributed by atoms with Gasteiger partial charge in [-0.15, -0.1) is 0 Å². The number of alkyl halides is 2. The molecular weight excluding hydrogens is 266 g/mol. The number of nitrogens with zero attached hydrogens (tertiary/aromatic N) is 1. The summed E-state index contributed by atoms with van der Waals surface area (Å²) >= 11 is 5.76. The van der Waals surface area contributed by atoms with Crippen LogP contribution in [0.2, 0.25) is 5.02 Å². The SMILES string of the molecule is CN(C)C(=O)CNc1ccc(OC(F)F)c(Cl)c1. The molecule has 0 bridgehead atoms. The Morgan fingerprint density at radius 3 is 2.67 bits per heavy atom. The van der Waals surface area contributed by atoms with Crippen molar-refractivity contribution >= 4 is 23.2 Å². The number of hydrogen-bond acceptors (Lipinski definition) is 3. The molecule has 0 unspecified atom stereocenters. The molecule has 0 aliphatic rings. The van der Waals surface area contributed by atoms with Crippen molar-refractivity contribution in [3.63, 3.8) is 0 Å². The monoisotopic (exact) mass is 278 g/mol. The Kier molecular flexibility index (Phi) is 5.15. The Labute approximate surface area is 108 Å². The number of rotatable bonds is 5. The van der Waals surface area contributed by atoms with Crippen molar-refractivity contribution in [2.75, 3.05) is 26.0 Å². The zero-order valence-corrected chi connectivity index (χ0v) is 10.7. The topological polar surface area (TPSA) is 41.6 Å². The second kappa shape index (κ2) is 6.39.